The van der Waals surface area contributed by atoms with Crippen LogP contribution in [0.25, 0.3) is 22.4 Å². The first-order valence-electron chi connectivity index (χ1n) is 10.6. The SMILES string of the molecule is Fc1ccc(OCc2nc(-c3ccc4c(c3)ncn4CCN3CCCCC3)no2)cc1. The Kier molecular flexibility index (Phi) is 5.62. The minimum Gasteiger partial charge on any atom is -0.484 e. The molecule has 0 unspecified atom stereocenters. The number of imidazole rings is 1. The number of rotatable bonds is 7. The third-order valence-corrected chi connectivity index (χ3v) is 5.63. The molecule has 0 spiro atoms. The van der Waals surface area contributed by atoms with Gasteiger partial charge in [-0.25, -0.2) is 9.37 Å². The lowest BCUT2D eigenvalue weighted by Gasteiger charge is -2.26. The normalized spacial score (nSPS) is 14.9. The lowest BCUT2D eigenvalue weighted by Crippen LogP contribution is -2.32. The molecule has 0 radical (unpaired) electrons. The fraction of sp³-hybridized carbons (Fsp3) is 0.348. The molecular formula is C23H24FN5O2. The molecule has 3 heterocycles. The van der Waals surface area contributed by atoms with Crippen LogP contribution in [0.1, 0.15) is 25.2 Å². The van der Waals surface area contributed by atoms with Crippen molar-refractivity contribution in [3.05, 3.63) is 60.5 Å². The molecule has 0 aliphatic carbocycles. The van der Waals surface area contributed by atoms with E-state index in [1.807, 2.05) is 18.5 Å². The van der Waals surface area contributed by atoms with Crippen LogP contribution in [0.4, 0.5) is 4.39 Å². The van der Waals surface area contributed by atoms with E-state index in [9.17, 15) is 4.39 Å². The van der Waals surface area contributed by atoms with E-state index in [1.165, 1.54) is 44.5 Å². The zero-order valence-electron chi connectivity index (χ0n) is 17.2. The van der Waals surface area contributed by atoms with Crippen LogP contribution in [0.15, 0.2) is 53.3 Å². The van der Waals surface area contributed by atoms with E-state index in [2.05, 4.69) is 30.7 Å². The zero-order chi connectivity index (χ0) is 21.0. The molecule has 1 fully saturated rings. The molecule has 31 heavy (non-hydrogen) atoms. The van der Waals surface area contributed by atoms with Gasteiger partial charge in [-0.2, -0.15) is 4.98 Å². The van der Waals surface area contributed by atoms with Gasteiger partial charge < -0.3 is 18.7 Å². The number of benzene rings is 2. The van der Waals surface area contributed by atoms with Gasteiger partial charge in [0.2, 0.25) is 5.82 Å². The van der Waals surface area contributed by atoms with Crippen molar-refractivity contribution in [2.45, 2.75) is 32.4 Å². The minimum atomic E-state index is -0.309. The lowest BCUT2D eigenvalue weighted by atomic mass is 10.1. The Morgan fingerprint density at radius 1 is 1.00 bits per heavy atom. The highest BCUT2D eigenvalue weighted by Crippen LogP contribution is 2.22. The summed E-state index contributed by atoms with van der Waals surface area (Å²) in [7, 11) is 0. The first kappa shape index (κ1) is 19.7. The molecule has 5 rings (SSSR count). The molecule has 2 aromatic heterocycles. The summed E-state index contributed by atoms with van der Waals surface area (Å²) in [5.41, 5.74) is 2.85. The molecule has 0 bridgehead atoms. The molecule has 1 saturated heterocycles. The van der Waals surface area contributed by atoms with Crippen molar-refractivity contribution in [1.29, 1.82) is 0 Å². The predicted molar refractivity (Wildman–Crippen MR) is 114 cm³/mol. The first-order valence-corrected chi connectivity index (χ1v) is 10.6. The average molecular weight is 421 g/mol. The van der Waals surface area contributed by atoms with Crippen LogP contribution >= 0.6 is 0 Å². The molecule has 0 atom stereocenters. The van der Waals surface area contributed by atoms with Crippen molar-refractivity contribution < 1.29 is 13.7 Å². The quantitative estimate of drug-likeness (QED) is 0.443. The van der Waals surface area contributed by atoms with E-state index in [4.69, 9.17) is 9.26 Å². The third-order valence-electron chi connectivity index (χ3n) is 5.63. The van der Waals surface area contributed by atoms with Gasteiger partial charge >= 0.3 is 0 Å². The summed E-state index contributed by atoms with van der Waals surface area (Å²) in [6, 6.07) is 11.8. The highest BCUT2D eigenvalue weighted by atomic mass is 19.1. The first-order chi connectivity index (χ1) is 15.2. The van der Waals surface area contributed by atoms with Crippen molar-refractivity contribution >= 4 is 11.0 Å². The third kappa shape index (κ3) is 4.59. The van der Waals surface area contributed by atoms with E-state index in [1.54, 1.807) is 12.1 Å². The summed E-state index contributed by atoms with van der Waals surface area (Å²) in [6.45, 7) is 4.49. The Hall–Kier alpha value is -3.26. The second-order valence-corrected chi connectivity index (χ2v) is 7.80. The van der Waals surface area contributed by atoms with Gasteiger partial charge in [0.1, 0.15) is 11.6 Å². The fourth-order valence-electron chi connectivity index (χ4n) is 3.92. The highest BCUT2D eigenvalue weighted by molar-refractivity contribution is 5.80. The summed E-state index contributed by atoms with van der Waals surface area (Å²) in [5.74, 6) is 1.07. The standard InChI is InChI=1S/C23H24FN5O2/c24-18-5-7-19(8-6-18)30-15-22-26-23(27-31-22)17-4-9-21-20(14-17)25-16-29(21)13-12-28-10-2-1-3-11-28/h4-9,14,16H,1-3,10-13,15H2. The van der Waals surface area contributed by atoms with Crippen LogP contribution in [0, 0.1) is 5.82 Å². The molecule has 0 amide bonds. The molecular weight excluding hydrogens is 397 g/mol. The second-order valence-electron chi connectivity index (χ2n) is 7.80. The summed E-state index contributed by atoms with van der Waals surface area (Å²) >= 11 is 0. The summed E-state index contributed by atoms with van der Waals surface area (Å²) in [5, 5.41) is 4.06. The zero-order valence-corrected chi connectivity index (χ0v) is 17.2. The van der Waals surface area contributed by atoms with E-state index >= 15 is 0 Å². The molecule has 1 aliphatic heterocycles. The average Bonchev–Trinajstić information content (AvgIpc) is 3.45. The van der Waals surface area contributed by atoms with Gasteiger partial charge in [-0.1, -0.05) is 11.6 Å². The summed E-state index contributed by atoms with van der Waals surface area (Å²) in [4.78, 5) is 11.5. The highest BCUT2D eigenvalue weighted by Gasteiger charge is 2.13. The van der Waals surface area contributed by atoms with Crippen LogP contribution in [-0.4, -0.2) is 44.2 Å². The van der Waals surface area contributed by atoms with Crippen LogP contribution < -0.4 is 4.74 Å². The Morgan fingerprint density at radius 2 is 1.84 bits per heavy atom. The van der Waals surface area contributed by atoms with Gasteiger partial charge in [0.15, 0.2) is 6.61 Å². The maximum absolute atomic E-state index is 13.0. The number of ether oxygens (including phenoxy) is 1. The molecule has 8 heteroatoms. The number of piperidine rings is 1. The van der Waals surface area contributed by atoms with Crippen LogP contribution in [0.2, 0.25) is 0 Å². The van der Waals surface area contributed by atoms with Crippen molar-refractivity contribution in [2.24, 2.45) is 0 Å². The Morgan fingerprint density at radius 3 is 2.68 bits per heavy atom. The topological polar surface area (TPSA) is 69.2 Å². The molecule has 0 N–H and O–H groups in total. The fourth-order valence-corrected chi connectivity index (χ4v) is 3.92. The predicted octanol–water partition coefficient (Wildman–Crippen LogP) is 4.29. The van der Waals surface area contributed by atoms with E-state index in [0.717, 1.165) is 29.7 Å². The number of fused-ring (bicyclic) bond motifs is 1. The molecule has 7 nitrogen and oxygen atoms in total. The van der Waals surface area contributed by atoms with Crippen molar-refractivity contribution in [1.82, 2.24) is 24.6 Å². The van der Waals surface area contributed by atoms with Crippen molar-refractivity contribution in [3.63, 3.8) is 0 Å². The van der Waals surface area contributed by atoms with Gasteiger partial charge in [-0.3, -0.25) is 0 Å². The molecule has 0 saturated carbocycles. The summed E-state index contributed by atoms with van der Waals surface area (Å²) < 4.78 is 26.0. The van der Waals surface area contributed by atoms with Gasteiger partial charge in [-0.05, 0) is 68.4 Å². The lowest BCUT2D eigenvalue weighted by molar-refractivity contribution is 0.221. The maximum atomic E-state index is 13.0. The maximum Gasteiger partial charge on any atom is 0.264 e. The van der Waals surface area contributed by atoms with Gasteiger partial charge in [0.25, 0.3) is 5.89 Å². The van der Waals surface area contributed by atoms with Crippen LogP contribution in [0.5, 0.6) is 5.75 Å². The van der Waals surface area contributed by atoms with Gasteiger partial charge in [0.05, 0.1) is 17.4 Å². The Labute approximate surface area is 179 Å². The smallest absolute Gasteiger partial charge is 0.264 e. The largest absolute Gasteiger partial charge is 0.484 e. The molecule has 4 aromatic rings. The number of aromatic nitrogens is 4. The minimum absolute atomic E-state index is 0.117. The number of nitrogens with zero attached hydrogens (tertiary/aromatic N) is 5. The van der Waals surface area contributed by atoms with Gasteiger partial charge in [-0.15, -0.1) is 0 Å². The molecule has 160 valence electrons. The molecule has 1 aliphatic rings. The van der Waals surface area contributed by atoms with Crippen molar-refractivity contribution in [2.75, 3.05) is 19.6 Å². The van der Waals surface area contributed by atoms with Crippen molar-refractivity contribution in [3.8, 4) is 17.1 Å². The number of halogens is 1. The molecule has 2 aromatic carbocycles. The Balaban J connectivity index is 1.24. The van der Waals surface area contributed by atoms with Crippen LogP contribution in [0.3, 0.4) is 0 Å². The monoisotopic (exact) mass is 421 g/mol. The number of hydrogen-bond donors (Lipinski definition) is 0. The summed E-state index contributed by atoms with van der Waals surface area (Å²) in [6.07, 6.45) is 5.85. The Bertz CT molecular complexity index is 1150. The number of likely N-dealkylation sites (tertiary alicyclic amines) is 1. The second kappa shape index (κ2) is 8.85. The number of hydrogen-bond acceptors (Lipinski definition) is 6. The van der Waals surface area contributed by atoms with E-state index < -0.39 is 0 Å². The van der Waals surface area contributed by atoms with Crippen LogP contribution in [-0.2, 0) is 13.2 Å². The van der Waals surface area contributed by atoms with E-state index in [-0.39, 0.29) is 12.4 Å². The van der Waals surface area contributed by atoms with Gasteiger partial charge in [0, 0.05) is 18.7 Å². The van der Waals surface area contributed by atoms with E-state index in [0.29, 0.717) is 17.5 Å².